The summed E-state index contributed by atoms with van der Waals surface area (Å²) in [5.41, 5.74) is 1.04. The summed E-state index contributed by atoms with van der Waals surface area (Å²) in [6.45, 7) is 2.05. The molecule has 0 bridgehead atoms. The molecule has 2 amide bonds. The molecule has 7 nitrogen and oxygen atoms in total. The van der Waals surface area contributed by atoms with Crippen molar-refractivity contribution in [3.63, 3.8) is 0 Å². The summed E-state index contributed by atoms with van der Waals surface area (Å²) in [5.74, 6) is 1.37. The number of likely N-dealkylation sites (tertiary alicyclic amines) is 1. The third-order valence-corrected chi connectivity index (χ3v) is 5.60. The van der Waals surface area contributed by atoms with Crippen LogP contribution in [0.3, 0.4) is 0 Å². The average molecular weight is 346 g/mol. The van der Waals surface area contributed by atoms with Crippen LogP contribution in [-0.4, -0.2) is 43.9 Å². The van der Waals surface area contributed by atoms with E-state index in [4.69, 9.17) is 14.2 Å². The molecule has 3 aliphatic rings. The SMILES string of the molecule is COC(=O)[C@@H]1CC12CCN(C(=O)NCc1ccc3c(c1)OCO3)CC2. The number of piperidine rings is 1. The van der Waals surface area contributed by atoms with Crippen LogP contribution in [-0.2, 0) is 16.1 Å². The van der Waals surface area contributed by atoms with Crippen molar-refractivity contribution < 1.29 is 23.8 Å². The third-order valence-electron chi connectivity index (χ3n) is 5.60. The molecule has 2 heterocycles. The fraction of sp³-hybridized carbons (Fsp3) is 0.556. The van der Waals surface area contributed by atoms with Crippen LogP contribution in [0.4, 0.5) is 4.79 Å². The Morgan fingerprint density at radius 2 is 2.04 bits per heavy atom. The maximum atomic E-state index is 12.4. The van der Waals surface area contributed by atoms with Gasteiger partial charge < -0.3 is 24.4 Å². The Bertz CT molecular complexity index is 697. The fourth-order valence-electron chi connectivity index (χ4n) is 3.87. The van der Waals surface area contributed by atoms with Crippen molar-refractivity contribution in [2.24, 2.45) is 11.3 Å². The molecule has 0 unspecified atom stereocenters. The zero-order valence-electron chi connectivity index (χ0n) is 14.2. The number of carbonyl (C=O) groups is 2. The summed E-state index contributed by atoms with van der Waals surface area (Å²) in [6.07, 6.45) is 2.63. The summed E-state index contributed by atoms with van der Waals surface area (Å²) < 4.78 is 15.5. The highest BCUT2D eigenvalue weighted by Crippen LogP contribution is 2.59. The monoisotopic (exact) mass is 346 g/mol. The lowest BCUT2D eigenvalue weighted by molar-refractivity contribution is -0.143. The number of rotatable bonds is 3. The number of hydrogen-bond donors (Lipinski definition) is 1. The Balaban J connectivity index is 1.26. The number of carbonyl (C=O) groups excluding carboxylic acids is 2. The average Bonchev–Trinajstić information content (AvgIpc) is 3.13. The summed E-state index contributed by atoms with van der Waals surface area (Å²) in [5, 5.41) is 2.95. The number of urea groups is 1. The van der Waals surface area contributed by atoms with Crippen LogP contribution in [0, 0.1) is 11.3 Å². The zero-order chi connectivity index (χ0) is 17.4. The summed E-state index contributed by atoms with van der Waals surface area (Å²) in [4.78, 5) is 25.9. The first-order chi connectivity index (χ1) is 12.1. The van der Waals surface area contributed by atoms with Gasteiger partial charge in [-0.05, 0) is 42.4 Å². The van der Waals surface area contributed by atoms with Gasteiger partial charge in [-0.15, -0.1) is 0 Å². The molecule has 1 spiro atoms. The maximum Gasteiger partial charge on any atom is 0.317 e. The van der Waals surface area contributed by atoms with Crippen LogP contribution in [0.25, 0.3) is 0 Å². The van der Waals surface area contributed by atoms with Crippen LogP contribution in [0.1, 0.15) is 24.8 Å². The van der Waals surface area contributed by atoms with Gasteiger partial charge in [-0.2, -0.15) is 0 Å². The number of esters is 1. The standard InChI is InChI=1S/C18H22N2O5/c1-23-16(21)13-9-18(13)4-6-20(7-5-18)17(22)19-10-12-2-3-14-15(8-12)25-11-24-14/h2-3,8,13H,4-7,9-11H2,1H3,(H,19,22)/t13-/m0/s1. The number of methoxy groups -OCH3 is 1. The lowest BCUT2D eigenvalue weighted by Crippen LogP contribution is -2.45. The molecule has 134 valence electrons. The molecule has 1 aliphatic carbocycles. The van der Waals surface area contributed by atoms with E-state index in [9.17, 15) is 9.59 Å². The molecule has 1 atom stereocenters. The number of nitrogens with one attached hydrogen (secondary N) is 1. The van der Waals surface area contributed by atoms with Crippen molar-refractivity contribution in [3.05, 3.63) is 23.8 Å². The van der Waals surface area contributed by atoms with E-state index in [-0.39, 0.29) is 30.1 Å². The minimum Gasteiger partial charge on any atom is -0.469 e. The highest BCUT2D eigenvalue weighted by molar-refractivity contribution is 5.77. The number of amides is 2. The first-order valence-electron chi connectivity index (χ1n) is 8.60. The molecular weight excluding hydrogens is 324 g/mol. The molecule has 2 fully saturated rings. The fourth-order valence-corrected chi connectivity index (χ4v) is 3.87. The van der Waals surface area contributed by atoms with Crippen molar-refractivity contribution >= 4 is 12.0 Å². The van der Waals surface area contributed by atoms with Crippen LogP contribution in [0.2, 0.25) is 0 Å². The van der Waals surface area contributed by atoms with Gasteiger partial charge in [-0.25, -0.2) is 4.79 Å². The Kier molecular flexibility index (Phi) is 3.94. The van der Waals surface area contributed by atoms with Gasteiger partial charge in [0.2, 0.25) is 6.79 Å². The van der Waals surface area contributed by atoms with Gasteiger partial charge in [0.05, 0.1) is 13.0 Å². The van der Waals surface area contributed by atoms with E-state index in [2.05, 4.69) is 5.32 Å². The van der Waals surface area contributed by atoms with E-state index < -0.39 is 0 Å². The lowest BCUT2D eigenvalue weighted by atomic mass is 9.91. The van der Waals surface area contributed by atoms with Crippen molar-refractivity contribution in [1.29, 1.82) is 0 Å². The smallest absolute Gasteiger partial charge is 0.317 e. The molecule has 0 aromatic heterocycles. The quantitative estimate of drug-likeness (QED) is 0.846. The molecule has 1 saturated heterocycles. The third kappa shape index (κ3) is 2.99. The predicted molar refractivity (Wildman–Crippen MR) is 88.2 cm³/mol. The van der Waals surface area contributed by atoms with Crippen molar-refractivity contribution in [2.45, 2.75) is 25.8 Å². The molecule has 0 radical (unpaired) electrons. The highest BCUT2D eigenvalue weighted by atomic mass is 16.7. The molecular formula is C18H22N2O5. The minimum atomic E-state index is -0.110. The Morgan fingerprint density at radius 3 is 2.80 bits per heavy atom. The molecule has 25 heavy (non-hydrogen) atoms. The molecule has 1 N–H and O–H groups in total. The van der Waals surface area contributed by atoms with Gasteiger partial charge in [-0.3, -0.25) is 4.79 Å². The van der Waals surface area contributed by atoms with Crippen molar-refractivity contribution in [2.75, 3.05) is 27.0 Å². The summed E-state index contributed by atoms with van der Waals surface area (Å²) >= 11 is 0. The number of nitrogens with zero attached hydrogens (tertiary/aromatic N) is 1. The molecule has 1 aromatic rings. The van der Waals surface area contributed by atoms with E-state index in [0.717, 1.165) is 30.6 Å². The molecule has 7 heteroatoms. The molecule has 4 rings (SSSR count). The van der Waals surface area contributed by atoms with Gasteiger partial charge in [0.15, 0.2) is 11.5 Å². The Hall–Kier alpha value is -2.44. The van der Waals surface area contributed by atoms with Crippen LogP contribution in [0.15, 0.2) is 18.2 Å². The summed E-state index contributed by atoms with van der Waals surface area (Å²) in [6, 6.07) is 5.60. The maximum absolute atomic E-state index is 12.4. The first-order valence-corrected chi connectivity index (χ1v) is 8.60. The second kappa shape index (κ2) is 6.13. The van der Waals surface area contributed by atoms with E-state index >= 15 is 0 Å². The van der Waals surface area contributed by atoms with E-state index in [1.54, 1.807) is 0 Å². The number of benzene rings is 1. The van der Waals surface area contributed by atoms with E-state index in [1.165, 1.54) is 7.11 Å². The van der Waals surface area contributed by atoms with Gasteiger partial charge >= 0.3 is 12.0 Å². The topological polar surface area (TPSA) is 77.1 Å². The van der Waals surface area contributed by atoms with Crippen molar-refractivity contribution in [3.8, 4) is 11.5 Å². The number of hydrogen-bond acceptors (Lipinski definition) is 5. The molecule has 1 aromatic carbocycles. The highest BCUT2D eigenvalue weighted by Gasteiger charge is 2.59. The largest absolute Gasteiger partial charge is 0.469 e. The Morgan fingerprint density at radius 1 is 1.28 bits per heavy atom. The Labute approximate surface area is 146 Å². The first kappa shape index (κ1) is 16.1. The van der Waals surface area contributed by atoms with Crippen LogP contribution in [0.5, 0.6) is 11.5 Å². The van der Waals surface area contributed by atoms with Gasteiger partial charge in [0.1, 0.15) is 0 Å². The molecule has 2 aliphatic heterocycles. The van der Waals surface area contributed by atoms with Crippen LogP contribution < -0.4 is 14.8 Å². The van der Waals surface area contributed by atoms with Gasteiger partial charge in [0, 0.05) is 19.6 Å². The lowest BCUT2D eigenvalue weighted by Gasteiger charge is -2.32. The normalized spacial score (nSPS) is 22.6. The predicted octanol–water partition coefficient (Wildman–Crippen LogP) is 1.90. The van der Waals surface area contributed by atoms with Gasteiger partial charge in [0.25, 0.3) is 0 Å². The van der Waals surface area contributed by atoms with Crippen LogP contribution >= 0.6 is 0 Å². The second-order valence-electron chi connectivity index (χ2n) is 6.98. The summed E-state index contributed by atoms with van der Waals surface area (Å²) in [7, 11) is 1.44. The van der Waals surface area contributed by atoms with Gasteiger partial charge in [-0.1, -0.05) is 6.07 Å². The second-order valence-corrected chi connectivity index (χ2v) is 6.98. The molecule has 1 saturated carbocycles. The minimum absolute atomic E-state index is 0.0244. The number of fused-ring (bicyclic) bond motifs is 1. The number of ether oxygens (including phenoxy) is 3. The van der Waals surface area contributed by atoms with E-state index in [1.807, 2.05) is 23.1 Å². The zero-order valence-corrected chi connectivity index (χ0v) is 14.2. The van der Waals surface area contributed by atoms with Crippen molar-refractivity contribution in [1.82, 2.24) is 10.2 Å². The van der Waals surface area contributed by atoms with E-state index in [0.29, 0.717) is 25.4 Å².